The molecule has 1 aromatic carbocycles. The molecule has 122 valence electrons. The topological polar surface area (TPSA) is 95.7 Å². The van der Waals surface area contributed by atoms with Crippen molar-refractivity contribution in [2.24, 2.45) is 0 Å². The van der Waals surface area contributed by atoms with Crippen molar-refractivity contribution in [2.75, 3.05) is 13.6 Å². The Kier molecular flexibility index (Phi) is 5.48. The smallest absolute Gasteiger partial charge is 0.317 e. The van der Waals surface area contributed by atoms with E-state index < -0.39 is 10.5 Å². The number of nitro groups is 1. The summed E-state index contributed by atoms with van der Waals surface area (Å²) in [5.41, 5.74) is 0.273. The lowest BCUT2D eigenvalue weighted by Crippen LogP contribution is -2.45. The van der Waals surface area contributed by atoms with Crippen LogP contribution in [0.25, 0.3) is 0 Å². The summed E-state index contributed by atoms with van der Waals surface area (Å²) in [5.74, 6) is 0. The number of amides is 2. The predicted octanol–water partition coefficient (Wildman–Crippen LogP) is 2.38. The first-order valence-electron chi connectivity index (χ1n) is 7.00. The fraction of sp³-hybridized carbons (Fsp3) is 0.533. The van der Waals surface area contributed by atoms with Gasteiger partial charge in [-0.3, -0.25) is 10.1 Å². The van der Waals surface area contributed by atoms with Crippen molar-refractivity contribution in [3.8, 4) is 0 Å². The SMILES string of the molecule is Cc1ccc(C(C)NC(=O)N(C)CC(C)(C)O)cc1[N+](=O)[O-]. The third-order valence-electron chi connectivity index (χ3n) is 3.24. The molecule has 7 nitrogen and oxygen atoms in total. The van der Waals surface area contributed by atoms with Crippen molar-refractivity contribution in [1.29, 1.82) is 0 Å². The van der Waals surface area contributed by atoms with Crippen LogP contribution < -0.4 is 5.32 Å². The molecule has 0 fully saturated rings. The molecule has 22 heavy (non-hydrogen) atoms. The van der Waals surface area contributed by atoms with E-state index in [0.29, 0.717) is 11.1 Å². The van der Waals surface area contributed by atoms with Gasteiger partial charge in [0.15, 0.2) is 0 Å². The fourth-order valence-electron chi connectivity index (χ4n) is 2.12. The summed E-state index contributed by atoms with van der Waals surface area (Å²) in [6.45, 7) is 6.83. The van der Waals surface area contributed by atoms with Crippen molar-refractivity contribution in [1.82, 2.24) is 10.2 Å². The van der Waals surface area contributed by atoms with Gasteiger partial charge in [-0.25, -0.2) is 4.79 Å². The second kappa shape index (κ2) is 6.74. The fourth-order valence-corrected chi connectivity index (χ4v) is 2.12. The number of carbonyl (C=O) groups excluding carboxylic acids is 1. The zero-order valence-corrected chi connectivity index (χ0v) is 13.6. The van der Waals surface area contributed by atoms with Gasteiger partial charge in [0.05, 0.1) is 23.1 Å². The van der Waals surface area contributed by atoms with E-state index in [1.54, 1.807) is 46.9 Å². The summed E-state index contributed by atoms with van der Waals surface area (Å²) in [5, 5.41) is 23.4. The van der Waals surface area contributed by atoms with E-state index in [4.69, 9.17) is 0 Å². The predicted molar refractivity (Wildman–Crippen MR) is 83.7 cm³/mol. The van der Waals surface area contributed by atoms with Gasteiger partial charge in [0, 0.05) is 18.7 Å². The first kappa shape index (κ1) is 17.9. The van der Waals surface area contributed by atoms with E-state index >= 15 is 0 Å². The highest BCUT2D eigenvalue weighted by atomic mass is 16.6. The van der Waals surface area contributed by atoms with Crippen molar-refractivity contribution >= 4 is 11.7 Å². The second-order valence-corrected chi connectivity index (χ2v) is 6.14. The van der Waals surface area contributed by atoms with Crippen LogP contribution in [0.3, 0.4) is 0 Å². The Hall–Kier alpha value is -2.15. The summed E-state index contributed by atoms with van der Waals surface area (Å²) in [7, 11) is 1.58. The Morgan fingerprint density at radius 2 is 2.09 bits per heavy atom. The average molecular weight is 309 g/mol. The van der Waals surface area contributed by atoms with Gasteiger partial charge in [-0.1, -0.05) is 12.1 Å². The van der Waals surface area contributed by atoms with Gasteiger partial charge >= 0.3 is 6.03 Å². The highest BCUT2D eigenvalue weighted by Crippen LogP contribution is 2.23. The number of urea groups is 1. The van der Waals surface area contributed by atoms with Crippen molar-refractivity contribution in [3.63, 3.8) is 0 Å². The van der Waals surface area contributed by atoms with Gasteiger partial charge in [-0.15, -0.1) is 0 Å². The van der Waals surface area contributed by atoms with E-state index in [1.807, 2.05) is 0 Å². The first-order chi connectivity index (χ1) is 10.0. The zero-order valence-electron chi connectivity index (χ0n) is 13.6. The number of rotatable bonds is 5. The second-order valence-electron chi connectivity index (χ2n) is 6.14. The maximum absolute atomic E-state index is 12.1. The number of benzene rings is 1. The first-order valence-corrected chi connectivity index (χ1v) is 7.00. The maximum atomic E-state index is 12.1. The van der Waals surface area contributed by atoms with Crippen LogP contribution in [0.1, 0.15) is 37.9 Å². The van der Waals surface area contributed by atoms with Crippen LogP contribution in [0.15, 0.2) is 18.2 Å². The molecule has 0 bridgehead atoms. The Bertz CT molecular complexity index is 566. The highest BCUT2D eigenvalue weighted by Gasteiger charge is 2.21. The van der Waals surface area contributed by atoms with Crippen LogP contribution in [-0.2, 0) is 0 Å². The summed E-state index contributed by atoms with van der Waals surface area (Å²) >= 11 is 0. The number of nitrogens with one attached hydrogen (secondary N) is 1. The quantitative estimate of drug-likeness (QED) is 0.644. The largest absolute Gasteiger partial charge is 0.389 e. The number of hydrogen-bond acceptors (Lipinski definition) is 4. The number of nitro benzene ring substituents is 1. The monoisotopic (exact) mass is 309 g/mol. The Labute approximate surface area is 130 Å². The summed E-state index contributed by atoms with van der Waals surface area (Å²) in [6.07, 6.45) is 0. The van der Waals surface area contributed by atoms with Crippen LogP contribution in [0, 0.1) is 17.0 Å². The Morgan fingerprint density at radius 1 is 1.50 bits per heavy atom. The van der Waals surface area contributed by atoms with E-state index in [2.05, 4.69) is 5.32 Å². The van der Waals surface area contributed by atoms with Crippen LogP contribution in [0.5, 0.6) is 0 Å². The van der Waals surface area contributed by atoms with Crippen molar-refractivity contribution in [3.05, 3.63) is 39.4 Å². The Balaban J connectivity index is 2.81. The Morgan fingerprint density at radius 3 is 2.59 bits per heavy atom. The number of likely N-dealkylation sites (N-methyl/N-ethyl adjacent to an activating group) is 1. The van der Waals surface area contributed by atoms with Crippen LogP contribution in [0.4, 0.5) is 10.5 Å². The van der Waals surface area contributed by atoms with Crippen LogP contribution in [0.2, 0.25) is 0 Å². The lowest BCUT2D eigenvalue weighted by Gasteiger charge is -2.27. The zero-order chi connectivity index (χ0) is 17.1. The molecule has 0 heterocycles. The molecular weight excluding hydrogens is 286 g/mol. The molecule has 7 heteroatoms. The van der Waals surface area contributed by atoms with Gasteiger partial charge in [0.25, 0.3) is 5.69 Å². The number of nitrogens with zero attached hydrogens (tertiary/aromatic N) is 2. The molecule has 0 spiro atoms. The molecule has 0 saturated heterocycles. The minimum atomic E-state index is -0.988. The molecule has 0 aliphatic carbocycles. The molecule has 0 saturated carbocycles. The number of aliphatic hydroxyl groups is 1. The lowest BCUT2D eigenvalue weighted by molar-refractivity contribution is -0.385. The molecule has 0 aromatic heterocycles. The van der Waals surface area contributed by atoms with E-state index in [0.717, 1.165) is 0 Å². The molecule has 0 radical (unpaired) electrons. The number of aryl methyl sites for hydroxylation is 1. The molecule has 1 unspecified atom stereocenters. The van der Waals surface area contributed by atoms with Gasteiger partial charge in [0.2, 0.25) is 0 Å². The minimum Gasteiger partial charge on any atom is -0.389 e. The van der Waals surface area contributed by atoms with Crippen molar-refractivity contribution in [2.45, 2.75) is 39.3 Å². The molecule has 1 aromatic rings. The third kappa shape index (κ3) is 5.00. The average Bonchev–Trinajstić information content (AvgIpc) is 2.36. The minimum absolute atomic E-state index is 0.0310. The molecule has 1 rings (SSSR count). The van der Waals surface area contributed by atoms with E-state index in [1.165, 1.54) is 11.0 Å². The summed E-state index contributed by atoms with van der Waals surface area (Å²) in [4.78, 5) is 24.0. The van der Waals surface area contributed by atoms with Crippen molar-refractivity contribution < 1.29 is 14.8 Å². The van der Waals surface area contributed by atoms with E-state index in [-0.39, 0.29) is 24.3 Å². The molecular formula is C15H23N3O4. The van der Waals surface area contributed by atoms with Gasteiger partial charge in [-0.05, 0) is 33.3 Å². The molecule has 2 amide bonds. The molecule has 1 atom stereocenters. The maximum Gasteiger partial charge on any atom is 0.317 e. The van der Waals surface area contributed by atoms with Crippen LogP contribution in [-0.4, -0.2) is 40.2 Å². The highest BCUT2D eigenvalue weighted by molar-refractivity contribution is 5.74. The van der Waals surface area contributed by atoms with E-state index in [9.17, 15) is 20.0 Å². The standard InChI is InChI=1S/C15H23N3O4/c1-10-6-7-12(8-13(10)18(21)22)11(2)16-14(19)17(5)9-15(3,4)20/h6-8,11,20H,9H2,1-5H3,(H,16,19). The summed E-state index contributed by atoms with van der Waals surface area (Å²) in [6, 6.07) is 4.16. The normalized spacial score (nSPS) is 12.6. The summed E-state index contributed by atoms with van der Waals surface area (Å²) < 4.78 is 0. The van der Waals surface area contributed by atoms with Crippen LogP contribution >= 0.6 is 0 Å². The lowest BCUT2D eigenvalue weighted by atomic mass is 10.0. The molecule has 2 N–H and O–H groups in total. The third-order valence-corrected chi connectivity index (χ3v) is 3.24. The van der Waals surface area contributed by atoms with Gasteiger partial charge in [-0.2, -0.15) is 0 Å². The number of carbonyl (C=O) groups is 1. The molecule has 0 aliphatic rings. The van der Waals surface area contributed by atoms with Gasteiger partial charge in [0.1, 0.15) is 0 Å². The number of hydrogen-bond donors (Lipinski definition) is 2. The molecule has 0 aliphatic heterocycles. The van der Waals surface area contributed by atoms with Gasteiger partial charge < -0.3 is 15.3 Å².